The van der Waals surface area contributed by atoms with Crippen LogP contribution >= 0.6 is 0 Å². The molecule has 0 saturated carbocycles. The molecule has 1 aliphatic carbocycles. The Kier molecular flexibility index (Phi) is 5.07. The molecule has 2 aliphatic heterocycles. The molecule has 2 atom stereocenters. The molecule has 2 saturated heterocycles. The van der Waals surface area contributed by atoms with Crippen LogP contribution in [-0.2, 0) is 11.8 Å². The first kappa shape index (κ1) is 22.0. The van der Waals surface area contributed by atoms with E-state index in [0.717, 1.165) is 43.5 Å². The zero-order chi connectivity index (χ0) is 23.5. The van der Waals surface area contributed by atoms with Gasteiger partial charge in [0.1, 0.15) is 5.75 Å². The van der Waals surface area contributed by atoms with Crippen molar-refractivity contribution in [3.05, 3.63) is 64.2 Å². The molecule has 2 heterocycles. The lowest BCUT2D eigenvalue weighted by atomic mass is 9.51. The summed E-state index contributed by atoms with van der Waals surface area (Å²) in [5.41, 5.74) is 4.13. The quantitative estimate of drug-likeness (QED) is 0.728. The predicted molar refractivity (Wildman–Crippen MR) is 129 cm³/mol. The maximum Gasteiger partial charge on any atom is 0.254 e. The number of amides is 2. The van der Waals surface area contributed by atoms with Crippen molar-refractivity contribution in [2.75, 3.05) is 19.6 Å². The summed E-state index contributed by atoms with van der Waals surface area (Å²) in [6.07, 6.45) is 3.63. The fourth-order valence-corrected chi connectivity index (χ4v) is 6.46. The normalized spacial score (nSPS) is 25.6. The molecule has 3 aliphatic rings. The van der Waals surface area contributed by atoms with Crippen LogP contribution in [0.15, 0.2) is 36.4 Å². The Labute approximate surface area is 196 Å². The van der Waals surface area contributed by atoms with Crippen LogP contribution in [0.2, 0.25) is 0 Å². The third-order valence-electron chi connectivity index (χ3n) is 8.99. The third kappa shape index (κ3) is 3.19. The molecule has 5 heteroatoms. The van der Waals surface area contributed by atoms with E-state index in [1.807, 2.05) is 41.0 Å². The van der Waals surface area contributed by atoms with Gasteiger partial charge in [-0.05, 0) is 79.0 Å². The maximum atomic E-state index is 13.7. The molecule has 2 fully saturated rings. The molecule has 0 aromatic heterocycles. The van der Waals surface area contributed by atoms with Crippen LogP contribution in [0.3, 0.4) is 0 Å². The smallest absolute Gasteiger partial charge is 0.254 e. The van der Waals surface area contributed by atoms with E-state index >= 15 is 0 Å². The number of likely N-dealkylation sites (tertiary alicyclic amines) is 2. The van der Waals surface area contributed by atoms with Crippen LogP contribution in [-0.4, -0.2) is 52.4 Å². The van der Waals surface area contributed by atoms with Gasteiger partial charge in [-0.1, -0.05) is 32.9 Å². The van der Waals surface area contributed by atoms with Crippen LogP contribution in [0.1, 0.15) is 77.4 Å². The summed E-state index contributed by atoms with van der Waals surface area (Å²) in [5.74, 6) is 0.407. The standard InChI is InChI=1S/C28H34N2O3/c1-18-16-19(10-11-20(18)26(33)29-13-5-6-14-29)25(32)30-15-12-28(4)22-8-7-9-23(31)21(22)17-24(30)27(28,2)3/h7-11,16,24,31H,5-6,12-15,17H2,1-4H3/t24-,28+/m1/s1. The average molecular weight is 447 g/mol. The molecule has 0 radical (unpaired) electrons. The van der Waals surface area contributed by atoms with Crippen LogP contribution in [0, 0.1) is 12.3 Å². The van der Waals surface area contributed by atoms with E-state index in [9.17, 15) is 14.7 Å². The van der Waals surface area contributed by atoms with Crippen molar-refractivity contribution < 1.29 is 14.7 Å². The molecule has 0 unspecified atom stereocenters. The second-order valence-electron chi connectivity index (χ2n) is 10.9. The molecule has 0 spiro atoms. The number of hydrogen-bond donors (Lipinski definition) is 1. The summed E-state index contributed by atoms with van der Waals surface area (Å²) in [4.78, 5) is 30.5. The average Bonchev–Trinajstić information content (AvgIpc) is 3.31. The zero-order valence-corrected chi connectivity index (χ0v) is 20.1. The fourth-order valence-electron chi connectivity index (χ4n) is 6.46. The first-order chi connectivity index (χ1) is 15.6. The number of phenolic OH excluding ortho intramolecular Hbond substituents is 1. The van der Waals surface area contributed by atoms with Crippen molar-refractivity contribution in [2.24, 2.45) is 5.41 Å². The third-order valence-corrected chi connectivity index (χ3v) is 8.99. The van der Waals surface area contributed by atoms with Crippen LogP contribution < -0.4 is 0 Å². The lowest BCUT2D eigenvalue weighted by Gasteiger charge is -2.60. The largest absolute Gasteiger partial charge is 0.508 e. The van der Waals surface area contributed by atoms with Gasteiger partial charge in [-0.2, -0.15) is 0 Å². The van der Waals surface area contributed by atoms with E-state index < -0.39 is 0 Å². The maximum absolute atomic E-state index is 13.7. The van der Waals surface area contributed by atoms with Gasteiger partial charge < -0.3 is 14.9 Å². The van der Waals surface area contributed by atoms with Gasteiger partial charge in [0.15, 0.2) is 0 Å². The zero-order valence-electron chi connectivity index (χ0n) is 20.1. The molecular weight excluding hydrogens is 412 g/mol. The first-order valence-electron chi connectivity index (χ1n) is 12.2. The van der Waals surface area contributed by atoms with Gasteiger partial charge in [-0.15, -0.1) is 0 Å². The van der Waals surface area contributed by atoms with Crippen molar-refractivity contribution in [1.29, 1.82) is 0 Å². The van der Waals surface area contributed by atoms with Gasteiger partial charge in [0.05, 0.1) is 0 Å². The number of carbonyl (C=O) groups excluding carboxylic acids is 2. The number of aryl methyl sites for hydroxylation is 1. The topological polar surface area (TPSA) is 60.9 Å². The lowest BCUT2D eigenvalue weighted by Crippen LogP contribution is -2.64. The minimum atomic E-state index is -0.137. The summed E-state index contributed by atoms with van der Waals surface area (Å²) in [6, 6.07) is 11.3. The number of nitrogens with zero attached hydrogens (tertiary/aromatic N) is 2. The number of rotatable bonds is 2. The molecule has 2 bridgehead atoms. The second kappa shape index (κ2) is 7.61. The van der Waals surface area contributed by atoms with Crippen LogP contribution in [0.5, 0.6) is 5.75 Å². The summed E-state index contributed by atoms with van der Waals surface area (Å²) >= 11 is 0. The monoisotopic (exact) mass is 446 g/mol. The van der Waals surface area contributed by atoms with E-state index in [1.54, 1.807) is 6.07 Å². The number of aromatic hydroxyl groups is 1. The summed E-state index contributed by atoms with van der Waals surface area (Å²) < 4.78 is 0. The Morgan fingerprint density at radius 3 is 2.42 bits per heavy atom. The Bertz CT molecular complexity index is 1130. The Hall–Kier alpha value is -2.82. The van der Waals surface area contributed by atoms with Gasteiger partial charge in [0, 0.05) is 42.2 Å². The van der Waals surface area contributed by atoms with Crippen molar-refractivity contribution >= 4 is 11.8 Å². The predicted octanol–water partition coefficient (Wildman–Crippen LogP) is 4.69. The van der Waals surface area contributed by atoms with E-state index in [4.69, 9.17) is 0 Å². The molecule has 33 heavy (non-hydrogen) atoms. The Morgan fingerprint density at radius 1 is 1.00 bits per heavy atom. The SMILES string of the molecule is Cc1cc(C(=O)N2CC[C@@]3(C)c4cccc(O)c4C[C@@H]2C3(C)C)ccc1C(=O)N1CCCC1. The lowest BCUT2D eigenvalue weighted by molar-refractivity contribution is -0.0266. The molecule has 2 aromatic carbocycles. The summed E-state index contributed by atoms with van der Waals surface area (Å²) in [5, 5.41) is 10.6. The molecule has 2 aromatic rings. The van der Waals surface area contributed by atoms with Gasteiger partial charge in [0.25, 0.3) is 11.8 Å². The molecule has 1 N–H and O–H groups in total. The minimum Gasteiger partial charge on any atom is -0.508 e. The van der Waals surface area contributed by atoms with Crippen molar-refractivity contribution in [3.8, 4) is 5.75 Å². The Morgan fingerprint density at radius 2 is 1.73 bits per heavy atom. The summed E-state index contributed by atoms with van der Waals surface area (Å²) in [6.45, 7) is 11.0. The number of piperidine rings is 1. The van der Waals surface area contributed by atoms with E-state index in [0.29, 0.717) is 29.8 Å². The molecule has 5 nitrogen and oxygen atoms in total. The second-order valence-corrected chi connectivity index (χ2v) is 10.9. The highest BCUT2D eigenvalue weighted by atomic mass is 16.3. The first-order valence-corrected chi connectivity index (χ1v) is 12.2. The van der Waals surface area contributed by atoms with Gasteiger partial charge in [-0.3, -0.25) is 9.59 Å². The van der Waals surface area contributed by atoms with E-state index in [1.165, 1.54) is 5.56 Å². The highest BCUT2D eigenvalue weighted by molar-refractivity contribution is 5.99. The number of phenols is 1. The minimum absolute atomic E-state index is 0.00392. The molecule has 5 rings (SSSR count). The number of hydrogen-bond acceptors (Lipinski definition) is 3. The van der Waals surface area contributed by atoms with Crippen molar-refractivity contribution in [1.82, 2.24) is 9.80 Å². The number of carbonyl (C=O) groups is 2. The van der Waals surface area contributed by atoms with Gasteiger partial charge >= 0.3 is 0 Å². The van der Waals surface area contributed by atoms with Crippen molar-refractivity contribution in [2.45, 2.75) is 64.8 Å². The van der Waals surface area contributed by atoms with Gasteiger partial charge in [-0.25, -0.2) is 0 Å². The highest BCUT2D eigenvalue weighted by Crippen LogP contribution is 2.57. The number of benzene rings is 2. The van der Waals surface area contributed by atoms with Gasteiger partial charge in [0.2, 0.25) is 0 Å². The van der Waals surface area contributed by atoms with Crippen molar-refractivity contribution in [3.63, 3.8) is 0 Å². The molecule has 2 amide bonds. The van der Waals surface area contributed by atoms with E-state index in [2.05, 4.69) is 26.8 Å². The number of fused-ring (bicyclic) bond motifs is 4. The fraction of sp³-hybridized carbons (Fsp3) is 0.500. The Balaban J connectivity index is 1.46. The van der Waals surface area contributed by atoms with Crippen LogP contribution in [0.25, 0.3) is 0 Å². The molecular formula is C28H34N2O3. The summed E-state index contributed by atoms with van der Waals surface area (Å²) in [7, 11) is 0. The van der Waals surface area contributed by atoms with E-state index in [-0.39, 0.29) is 28.7 Å². The highest BCUT2D eigenvalue weighted by Gasteiger charge is 2.57. The molecule has 174 valence electrons. The van der Waals surface area contributed by atoms with Crippen LogP contribution in [0.4, 0.5) is 0 Å².